The maximum atomic E-state index is 12.3. The molecule has 0 saturated heterocycles. The third-order valence-corrected chi connectivity index (χ3v) is 4.93. The molecule has 1 amide bonds. The lowest BCUT2D eigenvalue weighted by molar-refractivity contribution is -0.121. The fourth-order valence-electron chi connectivity index (χ4n) is 2.55. The molecule has 0 spiro atoms. The minimum Gasteiger partial charge on any atom is -0.493 e. The Balaban J connectivity index is 1.52. The fraction of sp³-hybridized carbons (Fsp3) is 0.263. The minimum atomic E-state index is -2.92. The summed E-state index contributed by atoms with van der Waals surface area (Å²) in [6.07, 6.45) is 0.888. The van der Waals surface area contributed by atoms with E-state index in [1.54, 1.807) is 23.5 Å². The number of hydrogen-bond donors (Lipinski definition) is 1. The Kier molecular flexibility index (Phi) is 6.18. The van der Waals surface area contributed by atoms with Crippen molar-refractivity contribution >= 4 is 27.5 Å². The van der Waals surface area contributed by atoms with Gasteiger partial charge in [-0.25, -0.2) is 4.98 Å². The van der Waals surface area contributed by atoms with Crippen molar-refractivity contribution in [2.75, 3.05) is 7.11 Å². The average Bonchev–Trinajstić information content (AvgIpc) is 3.08. The first-order valence-corrected chi connectivity index (χ1v) is 9.09. The smallest absolute Gasteiger partial charge is 0.387 e. The lowest BCUT2D eigenvalue weighted by Gasteiger charge is -2.12. The Morgan fingerprint density at radius 2 is 2.04 bits per heavy atom. The molecule has 3 rings (SSSR count). The summed E-state index contributed by atoms with van der Waals surface area (Å²) >= 11 is 1.58. The summed E-state index contributed by atoms with van der Waals surface area (Å²) in [4.78, 5) is 16.6. The molecule has 0 bridgehead atoms. The third kappa shape index (κ3) is 5.13. The van der Waals surface area contributed by atoms with Crippen LogP contribution in [0.1, 0.15) is 17.0 Å². The van der Waals surface area contributed by atoms with Gasteiger partial charge in [0.1, 0.15) is 0 Å². The number of hydrogen-bond acceptors (Lipinski definition) is 5. The number of halogens is 2. The summed E-state index contributed by atoms with van der Waals surface area (Å²) < 4.78 is 35.2. The van der Waals surface area contributed by atoms with E-state index in [0.29, 0.717) is 12.8 Å². The summed E-state index contributed by atoms with van der Waals surface area (Å²) in [6, 6.07) is 12.4. The molecule has 1 aromatic heterocycles. The van der Waals surface area contributed by atoms with E-state index in [1.165, 1.54) is 13.2 Å². The largest absolute Gasteiger partial charge is 0.493 e. The molecule has 3 aromatic rings. The van der Waals surface area contributed by atoms with Crippen molar-refractivity contribution in [1.29, 1.82) is 0 Å². The van der Waals surface area contributed by atoms with Gasteiger partial charge in [0.15, 0.2) is 11.5 Å². The second-order valence-corrected chi connectivity index (χ2v) is 6.83. The monoisotopic (exact) mass is 392 g/mol. The SMILES string of the molecule is COc1cc(CNC(=O)CCc2nc3ccccc3s2)ccc1OC(F)F. The number of amides is 1. The summed E-state index contributed by atoms with van der Waals surface area (Å²) in [6.45, 7) is -2.66. The number of ether oxygens (including phenoxy) is 2. The van der Waals surface area contributed by atoms with Crippen LogP contribution in [0, 0.1) is 0 Å². The van der Waals surface area contributed by atoms with Crippen LogP contribution in [0.15, 0.2) is 42.5 Å². The number of methoxy groups -OCH3 is 1. The Labute approximate surface area is 158 Å². The number of nitrogens with zero attached hydrogens (tertiary/aromatic N) is 1. The highest BCUT2D eigenvalue weighted by Gasteiger charge is 2.12. The number of aryl methyl sites for hydroxylation is 1. The first-order chi connectivity index (χ1) is 13.0. The molecule has 1 heterocycles. The number of nitrogens with one attached hydrogen (secondary N) is 1. The summed E-state index contributed by atoms with van der Waals surface area (Å²) in [5.41, 5.74) is 1.66. The van der Waals surface area contributed by atoms with Gasteiger partial charge in [0.25, 0.3) is 0 Å². The molecule has 0 saturated carbocycles. The third-order valence-electron chi connectivity index (χ3n) is 3.84. The second-order valence-electron chi connectivity index (χ2n) is 5.72. The van der Waals surface area contributed by atoms with Crippen LogP contribution in [0.4, 0.5) is 8.78 Å². The number of thiazole rings is 1. The molecule has 0 fully saturated rings. The van der Waals surface area contributed by atoms with Crippen molar-refractivity contribution in [1.82, 2.24) is 10.3 Å². The zero-order valence-corrected chi connectivity index (χ0v) is 15.4. The lowest BCUT2D eigenvalue weighted by atomic mass is 10.2. The predicted molar refractivity (Wildman–Crippen MR) is 99.4 cm³/mol. The van der Waals surface area contributed by atoms with Crippen LogP contribution < -0.4 is 14.8 Å². The first kappa shape index (κ1) is 19.0. The summed E-state index contributed by atoms with van der Waals surface area (Å²) in [7, 11) is 1.37. The molecule has 27 heavy (non-hydrogen) atoms. The number of carbonyl (C=O) groups excluding carboxylic acids is 1. The highest BCUT2D eigenvalue weighted by Crippen LogP contribution is 2.29. The predicted octanol–water partition coefficient (Wildman–Crippen LogP) is 4.16. The fourth-order valence-corrected chi connectivity index (χ4v) is 3.52. The van der Waals surface area contributed by atoms with Crippen molar-refractivity contribution in [3.05, 3.63) is 53.0 Å². The summed E-state index contributed by atoms with van der Waals surface area (Å²) in [5, 5.41) is 3.73. The van der Waals surface area contributed by atoms with Gasteiger partial charge in [0.05, 0.1) is 22.3 Å². The van der Waals surface area contributed by atoms with E-state index in [-0.39, 0.29) is 24.0 Å². The van der Waals surface area contributed by atoms with Gasteiger partial charge in [0, 0.05) is 19.4 Å². The number of benzene rings is 2. The van der Waals surface area contributed by atoms with Crippen molar-refractivity contribution in [3.8, 4) is 11.5 Å². The highest BCUT2D eigenvalue weighted by atomic mass is 32.1. The quantitative estimate of drug-likeness (QED) is 0.626. The molecule has 2 aromatic carbocycles. The van der Waals surface area contributed by atoms with E-state index in [4.69, 9.17) is 4.74 Å². The van der Waals surface area contributed by atoms with Gasteiger partial charge in [0.2, 0.25) is 5.91 Å². The van der Waals surface area contributed by atoms with Crippen molar-refractivity contribution in [2.24, 2.45) is 0 Å². The molecule has 0 aliphatic rings. The van der Waals surface area contributed by atoms with E-state index in [1.807, 2.05) is 24.3 Å². The van der Waals surface area contributed by atoms with Gasteiger partial charge in [-0.3, -0.25) is 4.79 Å². The Bertz CT molecular complexity index is 897. The molecule has 1 N–H and O–H groups in total. The highest BCUT2D eigenvalue weighted by molar-refractivity contribution is 7.18. The van der Waals surface area contributed by atoms with Crippen LogP contribution in [0.2, 0.25) is 0 Å². The Hall–Kier alpha value is -2.74. The molecule has 142 valence electrons. The summed E-state index contributed by atoms with van der Waals surface area (Å²) in [5.74, 6) is 0.0380. The van der Waals surface area contributed by atoms with Crippen molar-refractivity contribution in [3.63, 3.8) is 0 Å². The normalized spacial score (nSPS) is 11.0. The standard InChI is InChI=1S/C19H18F2N2O3S/c1-25-15-10-12(6-7-14(15)26-19(20)21)11-22-17(24)8-9-18-23-13-4-2-3-5-16(13)27-18/h2-7,10,19H,8-9,11H2,1H3,(H,22,24). The number of para-hydroxylation sites is 1. The molecule has 0 unspecified atom stereocenters. The number of rotatable bonds is 8. The minimum absolute atomic E-state index is 0.0431. The number of aromatic nitrogens is 1. The topological polar surface area (TPSA) is 60.5 Å². The lowest BCUT2D eigenvalue weighted by Crippen LogP contribution is -2.23. The number of carbonyl (C=O) groups is 1. The van der Waals surface area contributed by atoms with E-state index in [2.05, 4.69) is 15.0 Å². The average molecular weight is 392 g/mol. The van der Waals surface area contributed by atoms with E-state index >= 15 is 0 Å². The van der Waals surface area contributed by atoms with Gasteiger partial charge >= 0.3 is 6.61 Å². The Morgan fingerprint density at radius 3 is 2.78 bits per heavy atom. The molecule has 0 atom stereocenters. The molecule has 0 radical (unpaired) electrons. The molecule has 0 aliphatic heterocycles. The first-order valence-electron chi connectivity index (χ1n) is 8.28. The Morgan fingerprint density at radius 1 is 1.22 bits per heavy atom. The van der Waals surface area contributed by atoms with Crippen LogP contribution in [-0.2, 0) is 17.8 Å². The van der Waals surface area contributed by atoms with E-state index < -0.39 is 6.61 Å². The van der Waals surface area contributed by atoms with Crippen molar-refractivity contribution in [2.45, 2.75) is 26.0 Å². The molecule has 0 aliphatic carbocycles. The van der Waals surface area contributed by atoms with Gasteiger partial charge < -0.3 is 14.8 Å². The zero-order valence-electron chi connectivity index (χ0n) is 14.6. The number of fused-ring (bicyclic) bond motifs is 1. The van der Waals surface area contributed by atoms with Gasteiger partial charge in [-0.1, -0.05) is 18.2 Å². The molecular formula is C19H18F2N2O3S. The molecule has 5 nitrogen and oxygen atoms in total. The van der Waals surface area contributed by atoms with Crippen LogP contribution in [0.3, 0.4) is 0 Å². The van der Waals surface area contributed by atoms with Crippen LogP contribution >= 0.6 is 11.3 Å². The number of alkyl halides is 2. The van der Waals surface area contributed by atoms with Crippen molar-refractivity contribution < 1.29 is 23.0 Å². The molecule has 8 heteroatoms. The van der Waals surface area contributed by atoms with Gasteiger partial charge in [-0.15, -0.1) is 11.3 Å². The van der Waals surface area contributed by atoms with Gasteiger partial charge in [-0.05, 0) is 29.8 Å². The zero-order chi connectivity index (χ0) is 19.2. The van der Waals surface area contributed by atoms with Crippen LogP contribution in [-0.4, -0.2) is 24.6 Å². The van der Waals surface area contributed by atoms with Crippen LogP contribution in [0.5, 0.6) is 11.5 Å². The maximum Gasteiger partial charge on any atom is 0.387 e. The molecular weight excluding hydrogens is 374 g/mol. The van der Waals surface area contributed by atoms with E-state index in [0.717, 1.165) is 20.8 Å². The second kappa shape index (κ2) is 8.77. The van der Waals surface area contributed by atoms with Gasteiger partial charge in [-0.2, -0.15) is 8.78 Å². The van der Waals surface area contributed by atoms with Crippen LogP contribution in [0.25, 0.3) is 10.2 Å². The maximum absolute atomic E-state index is 12.3. The van der Waals surface area contributed by atoms with E-state index in [9.17, 15) is 13.6 Å².